The second-order valence-corrected chi connectivity index (χ2v) is 6.46. The van der Waals surface area contributed by atoms with Gasteiger partial charge in [0.2, 0.25) is 0 Å². The van der Waals surface area contributed by atoms with Crippen molar-refractivity contribution in [2.45, 2.75) is 32.6 Å². The van der Waals surface area contributed by atoms with Gasteiger partial charge < -0.3 is 0 Å². The van der Waals surface area contributed by atoms with Crippen LogP contribution in [0.2, 0.25) is 0 Å². The maximum atomic E-state index is 2.41. The Morgan fingerprint density at radius 3 is 2.39 bits per heavy atom. The minimum atomic E-state index is 1.17. The topological polar surface area (TPSA) is 0 Å². The van der Waals surface area contributed by atoms with Crippen LogP contribution in [0.1, 0.15) is 31.7 Å². The predicted octanol–water partition coefficient (Wildman–Crippen LogP) is 6.88. The number of aryl methyl sites for hydroxylation is 1. The minimum absolute atomic E-state index is 1.17. The highest BCUT2D eigenvalue weighted by atomic mass is 14.1. The highest BCUT2D eigenvalue weighted by Gasteiger charge is 2.06. The van der Waals surface area contributed by atoms with Gasteiger partial charge in [0.1, 0.15) is 0 Å². The third-order valence-electron chi connectivity index (χ3n) is 4.86. The molecule has 0 heteroatoms. The smallest absolute Gasteiger partial charge is 0.00929 e. The molecule has 0 radical (unpaired) electrons. The third kappa shape index (κ3) is 2.59. The van der Waals surface area contributed by atoms with Crippen molar-refractivity contribution in [3.8, 4) is 0 Å². The fourth-order valence-electron chi connectivity index (χ4n) is 3.62. The molecule has 0 saturated heterocycles. The molecule has 4 aromatic rings. The van der Waals surface area contributed by atoms with E-state index in [-0.39, 0.29) is 0 Å². The molecule has 4 rings (SSSR count). The highest BCUT2D eigenvalue weighted by molar-refractivity contribution is 6.20. The van der Waals surface area contributed by atoms with E-state index in [2.05, 4.69) is 73.7 Å². The first kappa shape index (κ1) is 14.3. The first-order valence-corrected chi connectivity index (χ1v) is 8.70. The average Bonchev–Trinajstić information content (AvgIpc) is 2.82. The first-order valence-electron chi connectivity index (χ1n) is 8.70. The summed E-state index contributed by atoms with van der Waals surface area (Å²) < 4.78 is 0. The van der Waals surface area contributed by atoms with Gasteiger partial charge in [-0.2, -0.15) is 0 Å². The summed E-state index contributed by atoms with van der Waals surface area (Å²) in [5, 5.41) is 8.18. The van der Waals surface area contributed by atoms with Crippen LogP contribution in [-0.2, 0) is 6.42 Å². The number of fused-ring (bicyclic) bond motifs is 5. The average molecular weight is 298 g/mol. The maximum Gasteiger partial charge on any atom is -0.00929 e. The van der Waals surface area contributed by atoms with E-state index < -0.39 is 0 Å². The summed E-state index contributed by atoms with van der Waals surface area (Å²) in [5.74, 6) is 0. The molecule has 0 aliphatic rings. The van der Waals surface area contributed by atoms with Gasteiger partial charge in [-0.15, -0.1) is 0 Å². The Hall–Kier alpha value is -2.34. The standard InChI is InChI=1S/C23H22/c1-2-3-4-8-17-9-7-11-18-13-14-21-20-12-6-5-10-19(20)16-23(21)22(18)15-17/h5-7,9-16H,2-4,8H2,1H3. The van der Waals surface area contributed by atoms with E-state index in [9.17, 15) is 0 Å². The van der Waals surface area contributed by atoms with E-state index in [1.54, 1.807) is 0 Å². The van der Waals surface area contributed by atoms with Gasteiger partial charge in [0, 0.05) is 0 Å². The summed E-state index contributed by atoms with van der Waals surface area (Å²) in [7, 11) is 0. The Bertz CT molecular complexity index is 979. The molecule has 0 atom stereocenters. The molecule has 0 aromatic heterocycles. The van der Waals surface area contributed by atoms with Crippen LogP contribution >= 0.6 is 0 Å². The molecule has 0 aliphatic heterocycles. The number of benzene rings is 2. The van der Waals surface area contributed by atoms with Crippen molar-refractivity contribution >= 4 is 32.3 Å². The third-order valence-corrected chi connectivity index (χ3v) is 4.86. The molecule has 0 unspecified atom stereocenters. The Morgan fingerprint density at radius 2 is 1.48 bits per heavy atom. The van der Waals surface area contributed by atoms with Crippen LogP contribution in [0.25, 0.3) is 32.3 Å². The van der Waals surface area contributed by atoms with E-state index >= 15 is 0 Å². The molecule has 0 heterocycles. The summed E-state index contributed by atoms with van der Waals surface area (Å²) in [5.41, 5.74) is 1.45. The van der Waals surface area contributed by atoms with E-state index in [4.69, 9.17) is 0 Å². The molecular weight excluding hydrogens is 276 g/mol. The highest BCUT2D eigenvalue weighted by Crippen LogP contribution is 2.33. The van der Waals surface area contributed by atoms with E-state index in [1.165, 1.54) is 63.6 Å². The molecule has 0 aliphatic carbocycles. The quantitative estimate of drug-likeness (QED) is 0.360. The van der Waals surface area contributed by atoms with Crippen molar-refractivity contribution in [1.29, 1.82) is 0 Å². The van der Waals surface area contributed by atoms with Gasteiger partial charge in [-0.25, -0.2) is 0 Å². The van der Waals surface area contributed by atoms with Gasteiger partial charge in [-0.3, -0.25) is 0 Å². The minimum Gasteiger partial charge on any atom is -0.0654 e. The zero-order valence-corrected chi connectivity index (χ0v) is 13.7. The van der Waals surface area contributed by atoms with Crippen LogP contribution in [0.3, 0.4) is 0 Å². The molecule has 0 fully saturated rings. The fourth-order valence-corrected chi connectivity index (χ4v) is 3.62. The maximum absolute atomic E-state index is 2.41. The second-order valence-electron chi connectivity index (χ2n) is 6.46. The number of unbranched alkanes of at least 4 members (excludes halogenated alkanes) is 2. The molecule has 0 saturated carbocycles. The van der Waals surface area contributed by atoms with Crippen LogP contribution in [0, 0.1) is 0 Å². The largest absolute Gasteiger partial charge is 0.0654 e. The second kappa shape index (κ2) is 6.04. The summed E-state index contributed by atoms with van der Waals surface area (Å²) in [6.45, 7) is 2.26. The molecule has 0 N–H and O–H groups in total. The van der Waals surface area contributed by atoms with Crippen molar-refractivity contribution in [2.75, 3.05) is 0 Å². The van der Waals surface area contributed by atoms with Crippen LogP contribution in [0.15, 0.2) is 66.7 Å². The van der Waals surface area contributed by atoms with Crippen molar-refractivity contribution in [2.24, 2.45) is 0 Å². The van der Waals surface area contributed by atoms with Gasteiger partial charge in [0.15, 0.2) is 0 Å². The number of hydrogen-bond acceptors (Lipinski definition) is 0. The number of rotatable bonds is 4. The lowest BCUT2D eigenvalue weighted by atomic mass is 10.0. The fraction of sp³-hybridized carbons (Fsp3) is 0.217. The molecule has 4 aromatic carbocycles. The Balaban J connectivity index is 1.95. The molecule has 23 heavy (non-hydrogen) atoms. The molecular formula is C23H22. The molecule has 114 valence electrons. The van der Waals surface area contributed by atoms with Gasteiger partial charge >= 0.3 is 0 Å². The van der Waals surface area contributed by atoms with Crippen molar-refractivity contribution < 1.29 is 0 Å². The lowest BCUT2D eigenvalue weighted by Crippen LogP contribution is -1.82. The lowest BCUT2D eigenvalue weighted by Gasteiger charge is -2.00. The van der Waals surface area contributed by atoms with Crippen LogP contribution in [0.5, 0.6) is 0 Å². The van der Waals surface area contributed by atoms with Crippen molar-refractivity contribution in [3.63, 3.8) is 0 Å². The van der Waals surface area contributed by atoms with Crippen molar-refractivity contribution in [1.82, 2.24) is 0 Å². The van der Waals surface area contributed by atoms with Gasteiger partial charge in [-0.1, -0.05) is 80.4 Å². The van der Waals surface area contributed by atoms with Gasteiger partial charge in [-0.05, 0) is 56.8 Å². The van der Waals surface area contributed by atoms with E-state index in [0.29, 0.717) is 0 Å². The summed E-state index contributed by atoms with van der Waals surface area (Å²) >= 11 is 0. The summed E-state index contributed by atoms with van der Waals surface area (Å²) in [6, 6.07) is 24.7. The van der Waals surface area contributed by atoms with E-state index in [1.807, 2.05) is 0 Å². The normalized spacial score (nSPS) is 11.5. The summed E-state index contributed by atoms with van der Waals surface area (Å²) in [6.07, 6.45) is 5.04. The molecule has 0 spiro atoms. The van der Waals surface area contributed by atoms with Gasteiger partial charge in [0.25, 0.3) is 0 Å². The monoisotopic (exact) mass is 298 g/mol. The Morgan fingerprint density at radius 1 is 0.609 bits per heavy atom. The Kier molecular flexibility index (Phi) is 3.75. The van der Waals surface area contributed by atoms with Crippen molar-refractivity contribution in [3.05, 3.63) is 72.3 Å². The molecule has 0 nitrogen and oxygen atoms in total. The molecule has 0 bridgehead atoms. The molecule has 0 amide bonds. The Labute approximate surface area is 137 Å². The summed E-state index contributed by atoms with van der Waals surface area (Å²) in [4.78, 5) is 0. The van der Waals surface area contributed by atoms with Crippen LogP contribution in [-0.4, -0.2) is 0 Å². The lowest BCUT2D eigenvalue weighted by molar-refractivity contribution is 0.718. The SMILES string of the molecule is CCCCCc1cccc2ccc3c4ccccc4cc3c2c1. The van der Waals surface area contributed by atoms with Crippen LogP contribution < -0.4 is 0 Å². The van der Waals surface area contributed by atoms with Gasteiger partial charge in [0.05, 0.1) is 0 Å². The van der Waals surface area contributed by atoms with E-state index in [0.717, 1.165) is 0 Å². The zero-order valence-electron chi connectivity index (χ0n) is 13.7. The predicted molar refractivity (Wildman–Crippen MR) is 102 cm³/mol. The number of hydrogen-bond donors (Lipinski definition) is 0. The zero-order chi connectivity index (χ0) is 15.6. The first-order chi connectivity index (χ1) is 11.4. The van der Waals surface area contributed by atoms with Crippen LogP contribution in [0.4, 0.5) is 0 Å².